The van der Waals surface area contributed by atoms with Crippen molar-refractivity contribution < 1.29 is 4.39 Å². The van der Waals surface area contributed by atoms with Crippen molar-refractivity contribution in [1.29, 1.82) is 0 Å². The van der Waals surface area contributed by atoms with Gasteiger partial charge in [0, 0.05) is 60.4 Å². The highest BCUT2D eigenvalue weighted by Crippen LogP contribution is 2.52. The van der Waals surface area contributed by atoms with Crippen molar-refractivity contribution in [3.8, 4) is 0 Å². The molecule has 4 aliphatic rings. The first kappa shape index (κ1) is 43.1. The first-order chi connectivity index (χ1) is 30.3. The fraction of sp³-hybridized carbons (Fsp3) is 0.318. The molecule has 19 heteroatoms. The van der Waals surface area contributed by atoms with Crippen molar-refractivity contribution in [3.63, 3.8) is 0 Å². The maximum absolute atomic E-state index is 15.0. The molecule has 2 spiro atoms. The van der Waals surface area contributed by atoms with Gasteiger partial charge < -0.3 is 44.2 Å². The lowest BCUT2D eigenvalue weighted by Crippen LogP contribution is -2.45. The summed E-state index contributed by atoms with van der Waals surface area (Å²) in [5.41, 5.74) is 42.6. The van der Waals surface area contributed by atoms with Crippen LogP contribution in [0.3, 0.4) is 0 Å². The van der Waals surface area contributed by atoms with E-state index < -0.39 is 5.95 Å². The van der Waals surface area contributed by atoms with Crippen molar-refractivity contribution in [2.45, 2.75) is 70.5 Å². The van der Waals surface area contributed by atoms with Crippen molar-refractivity contribution >= 4 is 81.6 Å². The Labute approximate surface area is 383 Å². The number of nitrogens with zero attached hydrogens (tertiary/aromatic N) is 8. The summed E-state index contributed by atoms with van der Waals surface area (Å²) >= 11 is 14.9. The highest BCUT2D eigenvalue weighted by molar-refractivity contribution is 7.99. The molecule has 63 heavy (non-hydrogen) atoms. The van der Waals surface area contributed by atoms with E-state index in [1.54, 1.807) is 24.5 Å². The highest BCUT2D eigenvalue weighted by Gasteiger charge is 2.47. The van der Waals surface area contributed by atoms with Crippen LogP contribution in [0.1, 0.15) is 60.0 Å². The van der Waals surface area contributed by atoms with E-state index in [0.29, 0.717) is 33.9 Å². The van der Waals surface area contributed by atoms with Crippen molar-refractivity contribution in [2.75, 3.05) is 58.9 Å². The Balaban J connectivity index is 0.000000160. The average Bonchev–Trinajstić information content (AvgIpc) is 3.72. The first-order valence-electron chi connectivity index (χ1n) is 20.6. The lowest BCUT2D eigenvalue weighted by atomic mass is 9.73. The van der Waals surface area contributed by atoms with Gasteiger partial charge in [0.15, 0.2) is 17.5 Å². The zero-order valence-electron chi connectivity index (χ0n) is 34.2. The van der Waals surface area contributed by atoms with Crippen LogP contribution >= 0.6 is 46.7 Å². The SMILES string of the molecule is Nc1nc(N2CCC3(CC2)Cc2ccccc2[C@H]3N)c(F)nc1Sc1ccnc(N)c1Cl.Nc1nc(N2CCC3(CC2)Cc2ccccc2[C@H]3N)cnc1Sc1ccnc(N)c1Cl. The molecular weight excluding hydrogens is 879 g/mol. The molecule has 10 rings (SSSR count). The number of hydrogen-bond donors (Lipinski definition) is 6. The van der Waals surface area contributed by atoms with E-state index in [2.05, 4.69) is 77.3 Å². The van der Waals surface area contributed by atoms with Gasteiger partial charge in [0.1, 0.15) is 27.5 Å². The van der Waals surface area contributed by atoms with Crippen LogP contribution in [-0.2, 0) is 12.8 Å². The van der Waals surface area contributed by atoms with Gasteiger partial charge in [-0.05, 0) is 83.7 Å². The van der Waals surface area contributed by atoms with Gasteiger partial charge in [0.2, 0.25) is 0 Å². The molecule has 0 unspecified atom stereocenters. The number of rotatable bonds is 6. The van der Waals surface area contributed by atoms with Crippen LogP contribution in [0.25, 0.3) is 0 Å². The molecule has 6 aromatic rings. The second kappa shape index (κ2) is 17.4. The molecule has 12 N–H and O–H groups in total. The number of hydrogen-bond acceptors (Lipinski definition) is 16. The van der Waals surface area contributed by atoms with Gasteiger partial charge in [-0.15, -0.1) is 0 Å². The standard InChI is InChI=1S/C22H23ClFN7S.C22H24ClN7S/c23-15-14(5-8-28-18(15)26)32-21-19(27)30-20(17(24)29-21)31-9-6-22(7-10-31)11-12-3-1-2-4-13(12)16(22)25;23-17-15(5-8-27-19(17)25)31-21-20(26)29-16(12-28-21)30-9-6-22(7-10-30)11-13-3-1-2-4-14(13)18(22)24/h1-5,8,16H,6-7,9-11,25H2,(H2,26,28)(H2,27,30);1-5,8,12,18H,6-7,9-11,24H2,(H2,25,27)(H2,26,29)/t16-;18-/m11/s1. The number of anilines is 6. The minimum Gasteiger partial charge on any atom is -0.382 e. The summed E-state index contributed by atoms with van der Waals surface area (Å²) < 4.78 is 15.0. The molecule has 2 aliphatic carbocycles. The van der Waals surface area contributed by atoms with Crippen LogP contribution in [-0.4, -0.2) is 56.1 Å². The molecule has 0 bridgehead atoms. The molecule has 2 atom stereocenters. The van der Waals surface area contributed by atoms with Crippen LogP contribution in [0.4, 0.5) is 39.3 Å². The molecule has 0 radical (unpaired) electrons. The van der Waals surface area contributed by atoms with Gasteiger partial charge >= 0.3 is 0 Å². The summed E-state index contributed by atoms with van der Waals surface area (Å²) in [4.78, 5) is 31.0. The third-order valence-corrected chi connectivity index (χ3v) is 16.2. The fourth-order valence-corrected chi connectivity index (χ4v) is 11.5. The summed E-state index contributed by atoms with van der Waals surface area (Å²) in [7, 11) is 0. The molecule has 4 aromatic heterocycles. The normalized spacial score (nSPS) is 19.4. The molecule has 2 aromatic carbocycles. The summed E-state index contributed by atoms with van der Waals surface area (Å²) in [6, 6.07) is 20.5. The van der Waals surface area contributed by atoms with Crippen LogP contribution in [0, 0.1) is 16.8 Å². The van der Waals surface area contributed by atoms with Gasteiger partial charge in [-0.3, -0.25) is 0 Å². The Kier molecular flexibility index (Phi) is 11.9. The van der Waals surface area contributed by atoms with Crippen molar-refractivity contribution in [2.24, 2.45) is 22.3 Å². The largest absolute Gasteiger partial charge is 0.382 e. The first-order valence-corrected chi connectivity index (χ1v) is 23.0. The third-order valence-electron chi connectivity index (χ3n) is 13.1. The Bertz CT molecular complexity index is 2680. The van der Waals surface area contributed by atoms with E-state index in [-0.39, 0.29) is 56.2 Å². The predicted octanol–water partition coefficient (Wildman–Crippen LogP) is 7.51. The summed E-state index contributed by atoms with van der Waals surface area (Å²) in [6.07, 6.45) is 10.7. The zero-order chi connectivity index (χ0) is 44.0. The van der Waals surface area contributed by atoms with E-state index in [9.17, 15) is 4.39 Å². The number of nitrogen functional groups attached to an aromatic ring is 4. The zero-order valence-corrected chi connectivity index (χ0v) is 37.4. The second-order valence-corrected chi connectivity index (χ2v) is 19.4. The van der Waals surface area contributed by atoms with Crippen LogP contribution in [0.15, 0.2) is 99.1 Å². The van der Waals surface area contributed by atoms with E-state index in [0.717, 1.165) is 74.1 Å². The van der Waals surface area contributed by atoms with Gasteiger partial charge in [0.05, 0.1) is 16.2 Å². The molecule has 326 valence electrons. The maximum Gasteiger partial charge on any atom is 0.257 e. The van der Waals surface area contributed by atoms with Gasteiger partial charge in [-0.2, -0.15) is 4.39 Å². The second-order valence-electron chi connectivity index (χ2n) is 16.6. The number of pyridine rings is 2. The lowest BCUT2D eigenvalue weighted by Gasteiger charge is -2.42. The third kappa shape index (κ3) is 8.26. The average molecular weight is 926 g/mol. The monoisotopic (exact) mass is 924 g/mol. The summed E-state index contributed by atoms with van der Waals surface area (Å²) in [6.45, 7) is 3.06. The van der Waals surface area contributed by atoms with Crippen molar-refractivity contribution in [1.82, 2.24) is 29.9 Å². The van der Waals surface area contributed by atoms with Gasteiger partial charge in [-0.1, -0.05) is 95.3 Å². The van der Waals surface area contributed by atoms with Crippen LogP contribution < -0.4 is 44.2 Å². The molecule has 0 saturated carbocycles. The molecule has 2 fully saturated rings. The lowest BCUT2D eigenvalue weighted by molar-refractivity contribution is 0.186. The Morgan fingerprint density at radius 1 is 0.587 bits per heavy atom. The van der Waals surface area contributed by atoms with Crippen LogP contribution in [0.5, 0.6) is 0 Å². The summed E-state index contributed by atoms with van der Waals surface area (Å²) in [5, 5.41) is 1.50. The number of fused-ring (bicyclic) bond motifs is 2. The Hall–Kier alpha value is -5.17. The summed E-state index contributed by atoms with van der Waals surface area (Å²) in [5.74, 6) is 1.29. The molecule has 14 nitrogen and oxygen atoms in total. The maximum atomic E-state index is 15.0. The molecular formula is C44H47Cl2FN14S2. The molecule has 2 saturated heterocycles. The Morgan fingerprint density at radius 2 is 1.06 bits per heavy atom. The van der Waals surface area contributed by atoms with Gasteiger partial charge in [0.25, 0.3) is 5.95 Å². The highest BCUT2D eigenvalue weighted by atomic mass is 35.5. The number of piperidine rings is 2. The van der Waals surface area contributed by atoms with Gasteiger partial charge in [-0.25, -0.2) is 29.9 Å². The van der Waals surface area contributed by atoms with E-state index in [4.69, 9.17) is 57.6 Å². The molecule has 6 heterocycles. The fourth-order valence-electron chi connectivity index (χ4n) is 9.50. The number of nitrogens with two attached hydrogens (primary N) is 6. The number of benzene rings is 2. The van der Waals surface area contributed by atoms with E-state index in [1.807, 2.05) is 11.0 Å². The minimum absolute atomic E-state index is 0.00169. The van der Waals surface area contributed by atoms with Crippen LogP contribution in [0.2, 0.25) is 10.0 Å². The predicted molar refractivity (Wildman–Crippen MR) is 250 cm³/mol. The topological polar surface area (TPSA) is 240 Å². The van der Waals surface area contributed by atoms with E-state index in [1.165, 1.54) is 40.2 Å². The number of aromatic nitrogens is 6. The smallest absolute Gasteiger partial charge is 0.257 e. The molecule has 2 aliphatic heterocycles. The number of halogens is 3. The molecule has 0 amide bonds. The quantitative estimate of drug-likeness (QED) is 0.0947. The van der Waals surface area contributed by atoms with Crippen molar-refractivity contribution in [3.05, 3.63) is 118 Å². The van der Waals surface area contributed by atoms with E-state index >= 15 is 0 Å². The minimum atomic E-state index is -0.658. The Morgan fingerprint density at radius 3 is 1.57 bits per heavy atom.